The van der Waals surface area contributed by atoms with E-state index in [4.69, 9.17) is 4.74 Å². The lowest BCUT2D eigenvalue weighted by Gasteiger charge is -2.20. The van der Waals surface area contributed by atoms with Crippen LogP contribution in [-0.2, 0) is 26.0 Å². The number of carbonyl (C=O) groups excluding carboxylic acids is 1. The summed E-state index contributed by atoms with van der Waals surface area (Å²) in [6.07, 6.45) is 2.46. The van der Waals surface area contributed by atoms with Crippen molar-refractivity contribution in [3.05, 3.63) is 23.8 Å². The van der Waals surface area contributed by atoms with Crippen molar-refractivity contribution in [2.45, 2.75) is 50.2 Å². The summed E-state index contributed by atoms with van der Waals surface area (Å²) in [7, 11) is -3.59. The molecule has 0 spiro atoms. The Morgan fingerprint density at radius 3 is 2.87 bits per heavy atom. The molecule has 3 rings (SSSR count). The van der Waals surface area contributed by atoms with Crippen LogP contribution in [0.5, 0.6) is 0 Å². The van der Waals surface area contributed by atoms with Crippen LogP contribution in [0.15, 0.2) is 23.1 Å². The fourth-order valence-electron chi connectivity index (χ4n) is 3.26. The van der Waals surface area contributed by atoms with Crippen LogP contribution in [-0.4, -0.2) is 39.6 Å². The molecule has 0 radical (unpaired) electrons. The van der Waals surface area contributed by atoms with Crippen LogP contribution in [0.25, 0.3) is 0 Å². The number of sulfonamides is 1. The van der Waals surface area contributed by atoms with Gasteiger partial charge in [0.15, 0.2) is 0 Å². The fraction of sp³-hybridized carbons (Fsp3) is 0.562. The number of fused-ring (bicyclic) bond motifs is 1. The molecule has 2 aliphatic rings. The molecule has 0 aromatic heterocycles. The normalized spacial score (nSPS) is 22.2. The summed E-state index contributed by atoms with van der Waals surface area (Å²) in [4.78, 5) is 13.5. The van der Waals surface area contributed by atoms with E-state index in [9.17, 15) is 13.2 Å². The van der Waals surface area contributed by atoms with Gasteiger partial charge in [0, 0.05) is 31.8 Å². The highest BCUT2D eigenvalue weighted by Gasteiger charge is 2.29. The van der Waals surface area contributed by atoms with Crippen molar-refractivity contribution < 1.29 is 17.9 Å². The molecular weight excluding hydrogens is 316 g/mol. The molecule has 7 heteroatoms. The van der Waals surface area contributed by atoms with Gasteiger partial charge < -0.3 is 9.64 Å². The molecule has 23 heavy (non-hydrogen) atoms. The molecule has 126 valence electrons. The molecule has 0 unspecified atom stereocenters. The van der Waals surface area contributed by atoms with E-state index in [-0.39, 0.29) is 22.9 Å². The zero-order valence-electron chi connectivity index (χ0n) is 13.4. The summed E-state index contributed by atoms with van der Waals surface area (Å²) >= 11 is 0. The lowest BCUT2D eigenvalue weighted by molar-refractivity contribution is -0.116. The molecule has 1 aromatic rings. The molecule has 6 nitrogen and oxygen atoms in total. The van der Waals surface area contributed by atoms with Crippen molar-refractivity contribution in [1.82, 2.24) is 4.72 Å². The number of carbonyl (C=O) groups is 1. The Kier molecular flexibility index (Phi) is 4.44. The van der Waals surface area contributed by atoms with Gasteiger partial charge in [-0.15, -0.1) is 0 Å². The maximum atomic E-state index is 12.6. The highest BCUT2D eigenvalue weighted by Crippen LogP contribution is 2.30. The molecule has 1 aromatic carbocycles. The van der Waals surface area contributed by atoms with Crippen molar-refractivity contribution >= 4 is 21.6 Å². The summed E-state index contributed by atoms with van der Waals surface area (Å²) in [5.41, 5.74) is 1.71. The number of nitrogens with zero attached hydrogens (tertiary/aromatic N) is 1. The minimum Gasteiger partial charge on any atom is -0.377 e. The first-order valence-electron chi connectivity index (χ1n) is 7.93. The van der Waals surface area contributed by atoms with Gasteiger partial charge in [-0.1, -0.05) is 0 Å². The minimum absolute atomic E-state index is 0.0236. The Labute approximate surface area is 136 Å². The third-order valence-electron chi connectivity index (χ3n) is 4.50. The third kappa shape index (κ3) is 3.27. The summed E-state index contributed by atoms with van der Waals surface area (Å²) in [6, 6.07) is 4.69. The second kappa shape index (κ2) is 6.22. The molecule has 1 amide bonds. The summed E-state index contributed by atoms with van der Waals surface area (Å²) < 4.78 is 33.4. The average Bonchev–Trinajstić information content (AvgIpc) is 3.15. The van der Waals surface area contributed by atoms with Gasteiger partial charge in [-0.25, -0.2) is 13.1 Å². The first kappa shape index (κ1) is 16.4. The van der Waals surface area contributed by atoms with Gasteiger partial charge in [-0.05, 0) is 49.9 Å². The van der Waals surface area contributed by atoms with E-state index < -0.39 is 10.0 Å². The van der Waals surface area contributed by atoms with Gasteiger partial charge in [0.25, 0.3) is 0 Å². The predicted octanol–water partition coefficient (Wildman–Crippen LogP) is 1.44. The maximum absolute atomic E-state index is 12.6. The van der Waals surface area contributed by atoms with E-state index in [1.54, 1.807) is 23.1 Å². The zero-order valence-corrected chi connectivity index (χ0v) is 14.2. The van der Waals surface area contributed by atoms with Gasteiger partial charge in [-0.3, -0.25) is 4.79 Å². The first-order valence-corrected chi connectivity index (χ1v) is 9.42. The van der Waals surface area contributed by atoms with Crippen LogP contribution in [0.4, 0.5) is 5.69 Å². The lowest BCUT2D eigenvalue weighted by Crippen LogP contribution is -2.40. The number of amides is 1. The number of nitrogens with one attached hydrogen (secondary N) is 1. The molecule has 2 aliphatic heterocycles. The highest BCUT2D eigenvalue weighted by atomic mass is 32.2. The predicted molar refractivity (Wildman–Crippen MR) is 86.9 cm³/mol. The molecule has 1 saturated heterocycles. The number of hydrogen-bond donors (Lipinski definition) is 1. The Morgan fingerprint density at radius 1 is 1.43 bits per heavy atom. The van der Waals surface area contributed by atoms with Crippen LogP contribution >= 0.6 is 0 Å². The van der Waals surface area contributed by atoms with Crippen LogP contribution in [0.1, 0.15) is 32.3 Å². The van der Waals surface area contributed by atoms with Crippen LogP contribution in [0.2, 0.25) is 0 Å². The van der Waals surface area contributed by atoms with Gasteiger partial charge in [0.05, 0.1) is 11.0 Å². The van der Waals surface area contributed by atoms with Gasteiger partial charge in [0.1, 0.15) is 0 Å². The van der Waals surface area contributed by atoms with E-state index >= 15 is 0 Å². The molecule has 0 aliphatic carbocycles. The topological polar surface area (TPSA) is 75.7 Å². The summed E-state index contributed by atoms with van der Waals surface area (Å²) in [5, 5.41) is 0. The maximum Gasteiger partial charge on any atom is 0.240 e. The molecular formula is C16H22N2O4S. The van der Waals surface area contributed by atoms with Gasteiger partial charge in [0.2, 0.25) is 15.9 Å². The largest absolute Gasteiger partial charge is 0.377 e. The fourth-order valence-corrected chi connectivity index (χ4v) is 4.58. The molecule has 2 atom stereocenters. The van der Waals surface area contributed by atoms with E-state index in [2.05, 4.69) is 4.72 Å². The van der Waals surface area contributed by atoms with E-state index in [1.165, 1.54) is 6.92 Å². The zero-order chi connectivity index (χ0) is 16.6. The quantitative estimate of drug-likeness (QED) is 0.901. The van der Waals surface area contributed by atoms with E-state index in [1.807, 2.05) is 6.92 Å². The van der Waals surface area contributed by atoms with Gasteiger partial charge >= 0.3 is 0 Å². The van der Waals surface area contributed by atoms with Crippen molar-refractivity contribution in [1.29, 1.82) is 0 Å². The third-order valence-corrected chi connectivity index (χ3v) is 6.06. The molecule has 2 heterocycles. The average molecular weight is 338 g/mol. The smallest absolute Gasteiger partial charge is 0.240 e. The van der Waals surface area contributed by atoms with E-state index in [0.717, 1.165) is 24.1 Å². The second-order valence-electron chi connectivity index (χ2n) is 6.17. The van der Waals surface area contributed by atoms with Crippen molar-refractivity contribution in [2.24, 2.45) is 0 Å². The Bertz CT molecular complexity index is 711. The number of benzene rings is 1. The van der Waals surface area contributed by atoms with Crippen LogP contribution in [0.3, 0.4) is 0 Å². The Morgan fingerprint density at radius 2 is 2.22 bits per heavy atom. The van der Waals surface area contributed by atoms with Crippen molar-refractivity contribution in [3.63, 3.8) is 0 Å². The van der Waals surface area contributed by atoms with E-state index in [0.29, 0.717) is 19.6 Å². The standard InChI is InChI=1S/C16H22N2O4S/c1-11(16-4-3-9-22-16)17-23(20,21)14-5-6-15-13(10-14)7-8-18(15)12(2)19/h5-6,10-11,16-17H,3-4,7-9H2,1-2H3/t11-,16+/m0/s1. The monoisotopic (exact) mass is 338 g/mol. The number of hydrogen-bond acceptors (Lipinski definition) is 4. The Balaban J connectivity index is 1.80. The first-order chi connectivity index (χ1) is 10.9. The molecule has 0 bridgehead atoms. The van der Waals surface area contributed by atoms with Crippen molar-refractivity contribution in [3.8, 4) is 0 Å². The highest BCUT2D eigenvalue weighted by molar-refractivity contribution is 7.89. The number of rotatable bonds is 4. The molecule has 1 fully saturated rings. The number of anilines is 1. The minimum atomic E-state index is -3.59. The van der Waals surface area contributed by atoms with Gasteiger partial charge in [-0.2, -0.15) is 0 Å². The van der Waals surface area contributed by atoms with Crippen LogP contribution < -0.4 is 9.62 Å². The van der Waals surface area contributed by atoms with Crippen LogP contribution in [0, 0.1) is 0 Å². The molecule has 1 N–H and O–H groups in total. The summed E-state index contributed by atoms with van der Waals surface area (Å²) in [6.45, 7) is 4.65. The second-order valence-corrected chi connectivity index (χ2v) is 7.89. The molecule has 0 saturated carbocycles. The number of ether oxygens (including phenoxy) is 1. The Hall–Kier alpha value is -1.44. The SMILES string of the molecule is CC(=O)N1CCc2cc(S(=O)(=O)N[C@@H](C)[C@H]3CCCO3)ccc21. The lowest BCUT2D eigenvalue weighted by atomic mass is 10.1. The van der Waals surface area contributed by atoms with Crippen molar-refractivity contribution in [2.75, 3.05) is 18.1 Å². The summed E-state index contributed by atoms with van der Waals surface area (Å²) in [5.74, 6) is -0.0236.